The van der Waals surface area contributed by atoms with Crippen molar-refractivity contribution in [3.63, 3.8) is 0 Å². The molecular formula is C26H31N3O5S. The molecule has 1 amide bonds. The Hall–Kier alpha value is -2.72. The Balaban J connectivity index is 1.12. The van der Waals surface area contributed by atoms with Crippen molar-refractivity contribution in [3.8, 4) is 5.75 Å². The SMILES string of the molecule is O=C(/C=C/c1ccc(S(=O)(=O)N2CCOCC2)cc1)N1CCN(Cc2ccc3c(c2)CCO3)CC1. The Kier molecular flexibility index (Phi) is 7.19. The standard InChI is InChI=1S/C26H31N3O5S/c30-26(8-4-21-1-5-24(6-2-21)35(31,32)29-14-17-33-18-15-29)28-12-10-27(11-13-28)20-22-3-7-25-23(19-22)9-16-34-25/h1-8,19H,9-18,20H2/b8-4+. The maximum atomic E-state index is 12.7. The quantitative estimate of drug-likeness (QED) is 0.568. The molecule has 2 fully saturated rings. The number of rotatable bonds is 6. The largest absolute Gasteiger partial charge is 0.493 e. The van der Waals surface area contributed by atoms with Crippen molar-refractivity contribution in [1.29, 1.82) is 0 Å². The molecule has 186 valence electrons. The zero-order valence-corrected chi connectivity index (χ0v) is 20.6. The van der Waals surface area contributed by atoms with Crippen LogP contribution in [0.25, 0.3) is 6.08 Å². The van der Waals surface area contributed by atoms with E-state index in [2.05, 4.69) is 23.1 Å². The molecule has 0 N–H and O–H groups in total. The summed E-state index contributed by atoms with van der Waals surface area (Å²) in [6.45, 7) is 6.27. The number of carbonyl (C=O) groups excluding carboxylic acids is 1. The smallest absolute Gasteiger partial charge is 0.246 e. The highest BCUT2D eigenvalue weighted by Crippen LogP contribution is 2.26. The molecule has 0 radical (unpaired) electrons. The van der Waals surface area contributed by atoms with E-state index in [4.69, 9.17) is 9.47 Å². The maximum Gasteiger partial charge on any atom is 0.246 e. The van der Waals surface area contributed by atoms with Crippen LogP contribution in [0.4, 0.5) is 0 Å². The fraction of sp³-hybridized carbons (Fsp3) is 0.423. The fourth-order valence-corrected chi connectivity index (χ4v) is 6.09. The van der Waals surface area contributed by atoms with Gasteiger partial charge < -0.3 is 14.4 Å². The van der Waals surface area contributed by atoms with Crippen molar-refractivity contribution in [2.45, 2.75) is 17.9 Å². The zero-order chi connectivity index (χ0) is 24.3. The summed E-state index contributed by atoms with van der Waals surface area (Å²) in [6.07, 6.45) is 4.29. The first kappa shape index (κ1) is 24.0. The summed E-state index contributed by atoms with van der Waals surface area (Å²) < 4.78 is 37.8. The van der Waals surface area contributed by atoms with Crippen LogP contribution in [0.5, 0.6) is 5.75 Å². The molecule has 0 atom stereocenters. The third-order valence-corrected chi connectivity index (χ3v) is 8.66. The molecular weight excluding hydrogens is 466 g/mol. The number of ether oxygens (including phenoxy) is 2. The van der Waals surface area contributed by atoms with E-state index in [1.807, 2.05) is 4.90 Å². The van der Waals surface area contributed by atoms with E-state index in [1.165, 1.54) is 15.4 Å². The molecule has 9 heteroatoms. The van der Waals surface area contributed by atoms with E-state index in [9.17, 15) is 13.2 Å². The number of morpholine rings is 1. The number of piperazine rings is 1. The first-order valence-electron chi connectivity index (χ1n) is 12.1. The number of nitrogens with zero attached hydrogens (tertiary/aromatic N) is 3. The van der Waals surface area contributed by atoms with Crippen LogP contribution in [0.3, 0.4) is 0 Å². The molecule has 3 aliphatic heterocycles. The molecule has 2 aromatic rings. The lowest BCUT2D eigenvalue weighted by Gasteiger charge is -2.34. The van der Waals surface area contributed by atoms with Crippen molar-refractivity contribution < 1.29 is 22.7 Å². The molecule has 2 aromatic carbocycles. The fourth-order valence-electron chi connectivity index (χ4n) is 4.68. The van der Waals surface area contributed by atoms with Crippen LogP contribution in [-0.4, -0.2) is 87.5 Å². The minimum absolute atomic E-state index is 0.0238. The van der Waals surface area contributed by atoms with Gasteiger partial charge in [-0.1, -0.05) is 24.3 Å². The van der Waals surface area contributed by atoms with E-state index in [-0.39, 0.29) is 10.8 Å². The number of hydrogen-bond donors (Lipinski definition) is 0. The molecule has 0 unspecified atom stereocenters. The number of benzene rings is 2. The zero-order valence-electron chi connectivity index (χ0n) is 19.8. The molecule has 3 heterocycles. The number of sulfonamides is 1. The van der Waals surface area contributed by atoms with Crippen molar-refractivity contribution in [3.05, 3.63) is 65.2 Å². The summed E-state index contributed by atoms with van der Waals surface area (Å²) >= 11 is 0. The lowest BCUT2D eigenvalue weighted by Crippen LogP contribution is -2.47. The van der Waals surface area contributed by atoms with Gasteiger partial charge in [-0.15, -0.1) is 0 Å². The third-order valence-electron chi connectivity index (χ3n) is 6.75. The van der Waals surface area contributed by atoms with Gasteiger partial charge in [0.2, 0.25) is 15.9 Å². The molecule has 8 nitrogen and oxygen atoms in total. The summed E-state index contributed by atoms with van der Waals surface area (Å²) in [7, 11) is -3.52. The summed E-state index contributed by atoms with van der Waals surface area (Å²) in [4.78, 5) is 17.2. The van der Waals surface area contributed by atoms with Crippen LogP contribution < -0.4 is 4.74 Å². The minimum Gasteiger partial charge on any atom is -0.493 e. The molecule has 35 heavy (non-hydrogen) atoms. The van der Waals surface area contributed by atoms with Crippen molar-refractivity contribution in [2.24, 2.45) is 0 Å². The van der Waals surface area contributed by atoms with Crippen LogP contribution in [0, 0.1) is 0 Å². The van der Waals surface area contributed by atoms with Crippen molar-refractivity contribution >= 4 is 22.0 Å². The number of amides is 1. The van der Waals surface area contributed by atoms with Crippen molar-refractivity contribution in [2.75, 3.05) is 59.1 Å². The van der Waals surface area contributed by atoms with Gasteiger partial charge in [0.25, 0.3) is 0 Å². The lowest BCUT2D eigenvalue weighted by atomic mass is 10.1. The summed E-state index contributed by atoms with van der Waals surface area (Å²) in [5.74, 6) is 0.980. The van der Waals surface area contributed by atoms with Gasteiger partial charge in [0.1, 0.15) is 5.75 Å². The molecule has 3 aliphatic rings. The average Bonchev–Trinajstić information content (AvgIpc) is 3.36. The summed E-state index contributed by atoms with van der Waals surface area (Å²) in [5, 5.41) is 0. The van der Waals surface area contributed by atoms with Crippen molar-refractivity contribution in [1.82, 2.24) is 14.1 Å². The first-order chi connectivity index (χ1) is 17.0. The summed E-state index contributed by atoms with van der Waals surface area (Å²) in [6, 6.07) is 13.1. The molecule has 0 bridgehead atoms. The second-order valence-electron chi connectivity index (χ2n) is 9.06. The predicted molar refractivity (Wildman–Crippen MR) is 133 cm³/mol. The Morgan fingerprint density at radius 2 is 1.66 bits per heavy atom. The van der Waals surface area contributed by atoms with Gasteiger partial charge in [-0.05, 0) is 41.0 Å². The second-order valence-corrected chi connectivity index (χ2v) is 11.0. The van der Waals surface area contributed by atoms with E-state index in [1.54, 1.807) is 36.4 Å². The van der Waals surface area contributed by atoms with Gasteiger partial charge in [0.15, 0.2) is 0 Å². The molecule has 2 saturated heterocycles. The van der Waals surface area contributed by atoms with Crippen LogP contribution in [-0.2, 0) is 32.5 Å². The third kappa shape index (κ3) is 5.59. The summed E-state index contributed by atoms with van der Waals surface area (Å²) in [5.41, 5.74) is 3.36. The highest BCUT2D eigenvalue weighted by Gasteiger charge is 2.26. The monoisotopic (exact) mass is 497 g/mol. The second kappa shape index (κ2) is 10.5. The van der Waals surface area contributed by atoms with Gasteiger partial charge in [0, 0.05) is 58.3 Å². The van der Waals surface area contributed by atoms with E-state index < -0.39 is 10.0 Å². The van der Waals surface area contributed by atoms with Crippen LogP contribution in [0.15, 0.2) is 53.4 Å². The molecule has 0 saturated carbocycles. The predicted octanol–water partition coefficient (Wildman–Crippen LogP) is 2.00. The Morgan fingerprint density at radius 3 is 2.40 bits per heavy atom. The van der Waals surface area contributed by atoms with E-state index >= 15 is 0 Å². The van der Waals surface area contributed by atoms with Gasteiger partial charge in [0.05, 0.1) is 24.7 Å². The normalized spacial score (nSPS) is 19.6. The highest BCUT2D eigenvalue weighted by atomic mass is 32.2. The van der Waals surface area contributed by atoms with Gasteiger partial charge in [-0.2, -0.15) is 4.31 Å². The lowest BCUT2D eigenvalue weighted by molar-refractivity contribution is -0.127. The number of hydrogen-bond acceptors (Lipinski definition) is 6. The Labute approximate surface area is 206 Å². The molecule has 5 rings (SSSR count). The number of fused-ring (bicyclic) bond motifs is 1. The van der Waals surface area contributed by atoms with Crippen LogP contribution in [0.2, 0.25) is 0 Å². The Morgan fingerprint density at radius 1 is 0.914 bits per heavy atom. The molecule has 0 spiro atoms. The first-order valence-corrected chi connectivity index (χ1v) is 13.5. The van der Waals surface area contributed by atoms with Gasteiger partial charge in [-0.25, -0.2) is 8.42 Å². The van der Waals surface area contributed by atoms with Gasteiger partial charge in [-0.3, -0.25) is 9.69 Å². The van der Waals surface area contributed by atoms with Gasteiger partial charge >= 0.3 is 0 Å². The topological polar surface area (TPSA) is 79.4 Å². The van der Waals surface area contributed by atoms with E-state index in [0.29, 0.717) is 39.4 Å². The molecule has 0 aromatic heterocycles. The average molecular weight is 498 g/mol. The minimum atomic E-state index is -3.52. The maximum absolute atomic E-state index is 12.7. The Bertz CT molecular complexity index is 1180. The number of carbonyl (C=O) groups is 1. The van der Waals surface area contributed by atoms with Crippen LogP contribution in [0.1, 0.15) is 16.7 Å². The van der Waals surface area contributed by atoms with E-state index in [0.717, 1.165) is 44.0 Å². The highest BCUT2D eigenvalue weighted by molar-refractivity contribution is 7.89. The van der Waals surface area contributed by atoms with Crippen LogP contribution >= 0.6 is 0 Å². The molecule has 0 aliphatic carbocycles.